The molecule has 1 saturated heterocycles. The van der Waals surface area contributed by atoms with E-state index in [-0.39, 0.29) is 25.0 Å². The van der Waals surface area contributed by atoms with E-state index in [1.807, 2.05) is 0 Å². The molecule has 2 fully saturated rings. The van der Waals surface area contributed by atoms with Gasteiger partial charge in [-0.3, -0.25) is 14.4 Å². The van der Waals surface area contributed by atoms with Crippen LogP contribution in [-0.4, -0.2) is 60.0 Å². The minimum atomic E-state index is -0.855. The van der Waals surface area contributed by atoms with E-state index in [0.717, 1.165) is 25.7 Å². The van der Waals surface area contributed by atoms with Crippen LogP contribution in [0.25, 0.3) is 0 Å². The number of amides is 4. The van der Waals surface area contributed by atoms with Crippen LogP contribution in [0.2, 0.25) is 0 Å². The molecule has 0 aromatic rings. The van der Waals surface area contributed by atoms with Gasteiger partial charge in [-0.1, -0.05) is 6.08 Å². The van der Waals surface area contributed by atoms with E-state index in [2.05, 4.69) is 17.2 Å². The zero-order valence-electron chi connectivity index (χ0n) is 15.4. The maximum atomic E-state index is 12.5. The molecule has 2 atom stereocenters. The summed E-state index contributed by atoms with van der Waals surface area (Å²) in [5, 5.41) is 5.02. The third-order valence-electron chi connectivity index (χ3n) is 4.90. The van der Waals surface area contributed by atoms with Gasteiger partial charge in [-0.15, -0.1) is 6.58 Å². The van der Waals surface area contributed by atoms with E-state index in [1.165, 1.54) is 11.0 Å². The van der Waals surface area contributed by atoms with E-state index in [4.69, 9.17) is 10.5 Å². The van der Waals surface area contributed by atoms with Gasteiger partial charge in [-0.25, -0.2) is 4.79 Å². The van der Waals surface area contributed by atoms with Crippen LogP contribution in [0.3, 0.4) is 0 Å². The fraction of sp³-hybridized carbons (Fsp3) is 0.667. The second-order valence-electron chi connectivity index (χ2n) is 6.90. The number of nitrogens with zero attached hydrogens (tertiary/aromatic N) is 1. The number of likely N-dealkylation sites (tertiary alicyclic amines) is 1. The molecule has 9 heteroatoms. The molecule has 2 aliphatic rings. The SMILES string of the molecule is C=CCC(NC(=O)C1CCCN1C(=O)CNC(=O)OC1CCCC1)C(N)=O. The Morgan fingerprint density at radius 2 is 1.89 bits per heavy atom. The molecule has 2 rings (SSSR count). The summed E-state index contributed by atoms with van der Waals surface area (Å²) in [6.07, 6.45) is 5.95. The average Bonchev–Trinajstić information content (AvgIpc) is 3.30. The molecule has 0 spiro atoms. The number of ether oxygens (including phenoxy) is 1. The first-order valence-corrected chi connectivity index (χ1v) is 9.37. The molecule has 4 N–H and O–H groups in total. The molecule has 150 valence electrons. The number of hydrogen-bond acceptors (Lipinski definition) is 5. The van der Waals surface area contributed by atoms with Gasteiger partial charge in [0.15, 0.2) is 0 Å². The predicted molar refractivity (Wildman–Crippen MR) is 97.4 cm³/mol. The van der Waals surface area contributed by atoms with E-state index in [9.17, 15) is 19.2 Å². The molecule has 0 radical (unpaired) electrons. The minimum Gasteiger partial charge on any atom is -0.446 e. The fourth-order valence-electron chi connectivity index (χ4n) is 3.47. The summed E-state index contributed by atoms with van der Waals surface area (Å²) in [7, 11) is 0. The van der Waals surface area contributed by atoms with Crippen molar-refractivity contribution in [1.82, 2.24) is 15.5 Å². The van der Waals surface area contributed by atoms with E-state index < -0.39 is 30.0 Å². The Morgan fingerprint density at radius 1 is 1.19 bits per heavy atom. The van der Waals surface area contributed by atoms with Crippen molar-refractivity contribution in [2.75, 3.05) is 13.1 Å². The van der Waals surface area contributed by atoms with E-state index in [0.29, 0.717) is 19.4 Å². The average molecular weight is 380 g/mol. The van der Waals surface area contributed by atoms with Crippen LogP contribution < -0.4 is 16.4 Å². The van der Waals surface area contributed by atoms with Crippen LogP contribution in [0, 0.1) is 0 Å². The van der Waals surface area contributed by atoms with Crippen LogP contribution in [0.5, 0.6) is 0 Å². The molecule has 1 aliphatic heterocycles. The molecule has 1 heterocycles. The van der Waals surface area contributed by atoms with Gasteiger partial charge >= 0.3 is 6.09 Å². The third-order valence-corrected chi connectivity index (χ3v) is 4.90. The van der Waals surface area contributed by atoms with Crippen LogP contribution in [0.1, 0.15) is 44.9 Å². The number of alkyl carbamates (subject to hydrolysis) is 1. The van der Waals surface area contributed by atoms with Gasteiger partial charge < -0.3 is 26.0 Å². The van der Waals surface area contributed by atoms with Crippen molar-refractivity contribution in [1.29, 1.82) is 0 Å². The van der Waals surface area contributed by atoms with Crippen molar-refractivity contribution in [3.8, 4) is 0 Å². The monoisotopic (exact) mass is 380 g/mol. The lowest BCUT2D eigenvalue weighted by Crippen LogP contribution is -2.53. The predicted octanol–water partition coefficient (Wildman–Crippen LogP) is 0.192. The summed E-state index contributed by atoms with van der Waals surface area (Å²) >= 11 is 0. The summed E-state index contributed by atoms with van der Waals surface area (Å²) in [5.74, 6) is -1.45. The van der Waals surface area contributed by atoms with Gasteiger partial charge in [-0.2, -0.15) is 0 Å². The van der Waals surface area contributed by atoms with Crippen LogP contribution in [-0.2, 0) is 19.1 Å². The second kappa shape index (κ2) is 9.94. The smallest absolute Gasteiger partial charge is 0.407 e. The van der Waals surface area contributed by atoms with Crippen molar-refractivity contribution in [2.24, 2.45) is 5.73 Å². The first-order chi connectivity index (χ1) is 12.9. The number of primary amides is 1. The number of rotatable bonds is 8. The summed E-state index contributed by atoms with van der Waals surface area (Å²) < 4.78 is 5.24. The minimum absolute atomic E-state index is 0.0824. The molecule has 9 nitrogen and oxygen atoms in total. The molecule has 1 aliphatic carbocycles. The Kier molecular flexibility index (Phi) is 7.63. The van der Waals surface area contributed by atoms with Crippen molar-refractivity contribution in [2.45, 2.75) is 63.1 Å². The Balaban J connectivity index is 1.83. The highest BCUT2D eigenvalue weighted by atomic mass is 16.6. The van der Waals surface area contributed by atoms with Crippen molar-refractivity contribution >= 4 is 23.8 Å². The van der Waals surface area contributed by atoms with Gasteiger partial charge in [0.2, 0.25) is 17.7 Å². The quantitative estimate of drug-likeness (QED) is 0.518. The number of hydrogen-bond donors (Lipinski definition) is 3. The molecule has 1 saturated carbocycles. The largest absolute Gasteiger partial charge is 0.446 e. The van der Waals surface area contributed by atoms with Crippen LogP contribution >= 0.6 is 0 Å². The standard InChI is InChI=1S/C18H28N4O5/c1-2-6-13(16(19)24)21-17(25)14-9-5-10-22(14)15(23)11-20-18(26)27-12-7-3-4-8-12/h2,12-14H,1,3-11H2,(H2,19,24)(H,20,26)(H,21,25). The normalized spacial score (nSPS) is 20.7. The van der Waals surface area contributed by atoms with E-state index >= 15 is 0 Å². The third kappa shape index (κ3) is 5.97. The zero-order chi connectivity index (χ0) is 19.8. The molecule has 2 unspecified atom stereocenters. The molecular formula is C18H28N4O5. The van der Waals surface area contributed by atoms with Gasteiger partial charge in [-0.05, 0) is 44.9 Å². The topological polar surface area (TPSA) is 131 Å². The van der Waals surface area contributed by atoms with Gasteiger partial charge in [0.25, 0.3) is 0 Å². The number of carbonyl (C=O) groups excluding carboxylic acids is 4. The van der Waals surface area contributed by atoms with Crippen molar-refractivity contribution in [3.05, 3.63) is 12.7 Å². The molecule has 4 amide bonds. The maximum absolute atomic E-state index is 12.5. The summed E-state index contributed by atoms with van der Waals surface area (Å²) in [6.45, 7) is 3.71. The van der Waals surface area contributed by atoms with Gasteiger partial charge in [0, 0.05) is 6.54 Å². The molecule has 0 bridgehead atoms. The molecule has 0 aromatic heterocycles. The summed E-state index contributed by atoms with van der Waals surface area (Å²) in [6, 6.07) is -1.54. The molecular weight excluding hydrogens is 352 g/mol. The van der Waals surface area contributed by atoms with Crippen molar-refractivity contribution in [3.63, 3.8) is 0 Å². The lowest BCUT2D eigenvalue weighted by atomic mass is 10.1. The fourth-order valence-corrected chi connectivity index (χ4v) is 3.47. The highest BCUT2D eigenvalue weighted by Gasteiger charge is 2.35. The summed E-state index contributed by atoms with van der Waals surface area (Å²) in [5.41, 5.74) is 5.27. The van der Waals surface area contributed by atoms with Crippen molar-refractivity contribution < 1.29 is 23.9 Å². The maximum Gasteiger partial charge on any atom is 0.407 e. The number of carbonyl (C=O) groups is 4. The molecule has 0 aromatic carbocycles. The van der Waals surface area contributed by atoms with Gasteiger partial charge in [0.1, 0.15) is 24.7 Å². The zero-order valence-corrected chi connectivity index (χ0v) is 15.4. The lowest BCUT2D eigenvalue weighted by molar-refractivity contribution is -0.138. The van der Waals surface area contributed by atoms with Gasteiger partial charge in [0.05, 0.1) is 0 Å². The Morgan fingerprint density at radius 3 is 2.52 bits per heavy atom. The first-order valence-electron chi connectivity index (χ1n) is 9.37. The Labute approximate surface area is 158 Å². The van der Waals surface area contributed by atoms with Crippen LogP contribution in [0.4, 0.5) is 4.79 Å². The Bertz CT molecular complexity index is 588. The number of nitrogens with one attached hydrogen (secondary N) is 2. The molecule has 27 heavy (non-hydrogen) atoms. The summed E-state index contributed by atoms with van der Waals surface area (Å²) in [4.78, 5) is 49.5. The highest BCUT2D eigenvalue weighted by Crippen LogP contribution is 2.21. The van der Waals surface area contributed by atoms with E-state index in [1.54, 1.807) is 0 Å². The second-order valence-corrected chi connectivity index (χ2v) is 6.90. The Hall–Kier alpha value is -2.58. The van der Waals surface area contributed by atoms with Crippen LogP contribution in [0.15, 0.2) is 12.7 Å². The first kappa shape index (κ1) is 20.7. The number of nitrogens with two attached hydrogens (primary N) is 1. The highest BCUT2D eigenvalue weighted by molar-refractivity contribution is 5.92. The lowest BCUT2D eigenvalue weighted by Gasteiger charge is -2.25.